The van der Waals surface area contributed by atoms with E-state index in [0.29, 0.717) is 40.5 Å². The topological polar surface area (TPSA) is 58.1 Å². The van der Waals surface area contributed by atoms with Gasteiger partial charge in [-0.2, -0.15) is 0 Å². The Morgan fingerprint density at radius 2 is 1.53 bits per heavy atom. The van der Waals surface area contributed by atoms with Crippen LogP contribution in [-0.2, 0) is 5.75 Å². The van der Waals surface area contributed by atoms with Crippen molar-refractivity contribution in [3.8, 4) is 0 Å². The molecule has 0 spiro atoms. The molecule has 7 heteroatoms. The average molecular weight is 541 g/mol. The van der Waals surface area contributed by atoms with Gasteiger partial charge in [-0.1, -0.05) is 108 Å². The fourth-order valence-corrected chi connectivity index (χ4v) is 5.02. The average Bonchev–Trinajstić information content (AvgIpc) is 2.95. The maximum absolute atomic E-state index is 13.3. The van der Waals surface area contributed by atoms with E-state index >= 15 is 0 Å². The van der Waals surface area contributed by atoms with Gasteiger partial charge in [-0.15, -0.1) is 13.2 Å². The van der Waals surface area contributed by atoms with Gasteiger partial charge in [-0.3, -0.25) is 4.79 Å². The van der Waals surface area contributed by atoms with Crippen LogP contribution in [0.5, 0.6) is 0 Å². The summed E-state index contributed by atoms with van der Waals surface area (Å²) in [6, 6.07) is 29.0. The Morgan fingerprint density at radius 1 is 0.895 bits per heavy atom. The Hall–Kier alpha value is -3.87. The van der Waals surface area contributed by atoms with Crippen LogP contribution in [0, 0.1) is 0 Å². The second-order valence-electron chi connectivity index (χ2n) is 8.53. The van der Waals surface area contributed by atoms with Gasteiger partial charge in [0.1, 0.15) is 11.0 Å². The van der Waals surface area contributed by atoms with E-state index in [1.807, 2.05) is 102 Å². The monoisotopic (exact) mass is 540 g/mol. The van der Waals surface area contributed by atoms with Gasteiger partial charge in [0, 0.05) is 30.5 Å². The van der Waals surface area contributed by atoms with E-state index in [1.165, 1.54) is 11.8 Å². The molecular formula is C31H29ClN4OS. The van der Waals surface area contributed by atoms with Crippen LogP contribution in [0.2, 0.25) is 5.15 Å². The van der Waals surface area contributed by atoms with Crippen LogP contribution >= 0.6 is 23.4 Å². The van der Waals surface area contributed by atoms with Crippen LogP contribution in [0.25, 0.3) is 0 Å². The molecule has 1 amide bonds. The molecule has 3 aromatic carbocycles. The maximum Gasteiger partial charge on any atom is 0.252 e. The van der Waals surface area contributed by atoms with E-state index in [9.17, 15) is 4.79 Å². The van der Waals surface area contributed by atoms with Crippen molar-refractivity contribution < 1.29 is 4.79 Å². The van der Waals surface area contributed by atoms with Crippen LogP contribution in [-0.4, -0.2) is 29.0 Å². The van der Waals surface area contributed by atoms with Gasteiger partial charge in [0.2, 0.25) is 0 Å². The number of thioether (sulfide) groups is 1. The molecule has 5 nitrogen and oxygen atoms in total. The minimum Gasteiger partial charge on any atom is -0.349 e. The number of rotatable bonds is 12. The second kappa shape index (κ2) is 13.6. The summed E-state index contributed by atoms with van der Waals surface area (Å²) >= 11 is 7.76. The van der Waals surface area contributed by atoms with Crippen molar-refractivity contribution in [2.24, 2.45) is 0 Å². The predicted molar refractivity (Wildman–Crippen MR) is 158 cm³/mol. The van der Waals surface area contributed by atoms with Gasteiger partial charge in [0.15, 0.2) is 5.16 Å². The zero-order valence-electron chi connectivity index (χ0n) is 21.0. The SMILES string of the molecule is C=CCN(CC=C)c1cc(Cl)nc(SCc2cccc(C(=O)NC(c3ccccc3)c3ccccc3)c2)n1. The van der Waals surface area contributed by atoms with Crippen molar-refractivity contribution in [3.05, 3.63) is 144 Å². The molecule has 38 heavy (non-hydrogen) atoms. The molecule has 4 rings (SSSR count). The van der Waals surface area contributed by atoms with E-state index in [1.54, 1.807) is 6.07 Å². The normalized spacial score (nSPS) is 10.7. The molecule has 0 aliphatic rings. The molecule has 1 heterocycles. The van der Waals surface area contributed by atoms with E-state index < -0.39 is 0 Å². The number of halogens is 1. The van der Waals surface area contributed by atoms with Crippen LogP contribution in [0.15, 0.2) is 121 Å². The zero-order chi connectivity index (χ0) is 26.7. The predicted octanol–water partition coefficient (Wildman–Crippen LogP) is 7.12. The first-order valence-corrected chi connectivity index (χ1v) is 13.6. The summed E-state index contributed by atoms with van der Waals surface area (Å²) in [5.41, 5.74) is 3.62. The Morgan fingerprint density at radius 3 is 2.13 bits per heavy atom. The number of nitrogens with one attached hydrogen (secondary N) is 1. The molecule has 4 aromatic rings. The highest BCUT2D eigenvalue weighted by Gasteiger charge is 2.18. The lowest BCUT2D eigenvalue weighted by Crippen LogP contribution is -2.29. The fraction of sp³-hybridized carbons (Fsp3) is 0.129. The molecule has 0 atom stereocenters. The Kier molecular flexibility index (Phi) is 9.73. The van der Waals surface area contributed by atoms with Crippen LogP contribution in [0.1, 0.15) is 33.1 Å². The van der Waals surface area contributed by atoms with E-state index in [2.05, 4.69) is 28.4 Å². The number of carbonyl (C=O) groups excluding carboxylic acids is 1. The Balaban J connectivity index is 1.49. The molecule has 0 radical (unpaired) electrons. The summed E-state index contributed by atoms with van der Waals surface area (Å²) < 4.78 is 0. The molecule has 0 saturated carbocycles. The first kappa shape index (κ1) is 27.2. The number of anilines is 1. The van der Waals surface area contributed by atoms with Gasteiger partial charge in [-0.05, 0) is 28.8 Å². The third-order valence-electron chi connectivity index (χ3n) is 5.78. The highest BCUT2D eigenvalue weighted by Crippen LogP contribution is 2.26. The summed E-state index contributed by atoms with van der Waals surface area (Å²) in [5, 5.41) is 4.14. The highest BCUT2D eigenvalue weighted by atomic mass is 35.5. The largest absolute Gasteiger partial charge is 0.349 e. The van der Waals surface area contributed by atoms with Gasteiger partial charge in [0.25, 0.3) is 5.91 Å². The van der Waals surface area contributed by atoms with Crippen molar-refractivity contribution in [2.75, 3.05) is 18.0 Å². The van der Waals surface area contributed by atoms with Gasteiger partial charge in [0.05, 0.1) is 6.04 Å². The first-order valence-electron chi connectivity index (χ1n) is 12.2. The standard InChI is InChI=1S/C31H29ClN4OS/c1-3-18-36(19-4-2)28-21-27(32)33-31(34-28)38-22-23-12-11-17-26(20-23)30(37)35-29(24-13-7-5-8-14-24)25-15-9-6-10-16-25/h3-17,20-21,29H,1-2,18-19,22H2,(H,35,37). The quantitative estimate of drug-likeness (QED) is 0.0897. The summed E-state index contributed by atoms with van der Waals surface area (Å²) in [6.07, 6.45) is 3.62. The smallest absolute Gasteiger partial charge is 0.252 e. The summed E-state index contributed by atoms with van der Waals surface area (Å²) in [7, 11) is 0. The molecule has 0 bridgehead atoms. The van der Waals surface area contributed by atoms with Crippen molar-refractivity contribution in [2.45, 2.75) is 17.0 Å². The number of benzene rings is 3. The minimum absolute atomic E-state index is 0.139. The van der Waals surface area contributed by atoms with E-state index in [4.69, 9.17) is 11.6 Å². The maximum atomic E-state index is 13.3. The third-order valence-corrected chi connectivity index (χ3v) is 6.89. The lowest BCUT2D eigenvalue weighted by molar-refractivity contribution is 0.0943. The van der Waals surface area contributed by atoms with Crippen molar-refractivity contribution in [3.63, 3.8) is 0 Å². The molecule has 0 fully saturated rings. The molecule has 0 aliphatic carbocycles. The van der Waals surface area contributed by atoms with Gasteiger partial charge in [-0.25, -0.2) is 9.97 Å². The fourth-order valence-electron chi connectivity index (χ4n) is 4.00. The summed E-state index contributed by atoms with van der Waals surface area (Å²) in [6.45, 7) is 8.86. The number of nitrogens with zero attached hydrogens (tertiary/aromatic N) is 3. The lowest BCUT2D eigenvalue weighted by Gasteiger charge is -2.21. The Labute approximate surface area is 233 Å². The van der Waals surface area contributed by atoms with Crippen molar-refractivity contribution >= 4 is 35.1 Å². The molecule has 1 aromatic heterocycles. The summed E-state index contributed by atoms with van der Waals surface area (Å²) in [4.78, 5) is 24.4. The number of carbonyl (C=O) groups is 1. The molecule has 1 N–H and O–H groups in total. The summed E-state index contributed by atoms with van der Waals surface area (Å²) in [5.74, 6) is 1.17. The zero-order valence-corrected chi connectivity index (χ0v) is 22.5. The van der Waals surface area contributed by atoms with Crippen LogP contribution in [0.3, 0.4) is 0 Å². The lowest BCUT2D eigenvalue weighted by atomic mass is 9.98. The van der Waals surface area contributed by atoms with E-state index in [-0.39, 0.29) is 11.9 Å². The third kappa shape index (κ3) is 7.34. The minimum atomic E-state index is -0.254. The molecule has 0 unspecified atom stereocenters. The second-order valence-corrected chi connectivity index (χ2v) is 9.86. The number of hydrogen-bond donors (Lipinski definition) is 1. The number of hydrogen-bond acceptors (Lipinski definition) is 5. The van der Waals surface area contributed by atoms with Crippen LogP contribution < -0.4 is 10.2 Å². The first-order chi connectivity index (χ1) is 18.6. The highest BCUT2D eigenvalue weighted by molar-refractivity contribution is 7.98. The van der Waals surface area contributed by atoms with Gasteiger partial charge < -0.3 is 10.2 Å². The number of amides is 1. The van der Waals surface area contributed by atoms with Crippen LogP contribution in [0.4, 0.5) is 5.82 Å². The van der Waals surface area contributed by atoms with Crippen molar-refractivity contribution in [1.29, 1.82) is 0 Å². The molecule has 192 valence electrons. The number of aromatic nitrogens is 2. The molecule has 0 aliphatic heterocycles. The Bertz CT molecular complexity index is 1330. The van der Waals surface area contributed by atoms with Crippen molar-refractivity contribution in [1.82, 2.24) is 15.3 Å². The van der Waals surface area contributed by atoms with Gasteiger partial charge >= 0.3 is 0 Å². The molecular weight excluding hydrogens is 512 g/mol. The van der Waals surface area contributed by atoms with E-state index in [0.717, 1.165) is 16.7 Å². The molecule has 0 saturated heterocycles.